The van der Waals surface area contributed by atoms with Gasteiger partial charge in [0.2, 0.25) is 5.91 Å². The van der Waals surface area contributed by atoms with Crippen molar-refractivity contribution in [1.29, 1.82) is 0 Å². The Morgan fingerprint density at radius 2 is 1.70 bits per heavy atom. The number of ether oxygens (including phenoxy) is 1. The summed E-state index contributed by atoms with van der Waals surface area (Å²) < 4.78 is 33.5. The lowest BCUT2D eigenvalue weighted by molar-refractivity contribution is -0.114. The summed E-state index contributed by atoms with van der Waals surface area (Å²) in [6.07, 6.45) is 0. The average Bonchev–Trinajstić information content (AvgIpc) is 2.79. The number of carbonyl (C=O) groups is 2. The number of sulfonamides is 1. The van der Waals surface area contributed by atoms with Crippen molar-refractivity contribution in [2.75, 3.05) is 22.8 Å². The van der Waals surface area contributed by atoms with Crippen LogP contribution < -0.4 is 9.62 Å². The van der Waals surface area contributed by atoms with E-state index in [1.165, 1.54) is 30.3 Å². The van der Waals surface area contributed by atoms with Gasteiger partial charge in [-0.05, 0) is 84.1 Å². The zero-order valence-corrected chi connectivity index (χ0v) is 21.2. The first-order chi connectivity index (χ1) is 15.7. The summed E-state index contributed by atoms with van der Waals surface area (Å²) in [4.78, 5) is 24.8. The van der Waals surface area contributed by atoms with E-state index in [1.807, 2.05) is 0 Å². The summed E-state index contributed by atoms with van der Waals surface area (Å²) in [6.45, 7) is 1.43. The molecule has 172 valence electrons. The number of amides is 1. The zero-order chi connectivity index (χ0) is 24.0. The molecule has 1 amide bonds. The third kappa shape index (κ3) is 6.24. The number of halogens is 2. The van der Waals surface area contributed by atoms with Crippen LogP contribution in [0, 0.1) is 3.57 Å². The van der Waals surface area contributed by atoms with Crippen LogP contribution in [-0.2, 0) is 19.6 Å². The molecule has 0 bridgehead atoms. The lowest BCUT2D eigenvalue weighted by Gasteiger charge is -2.24. The van der Waals surface area contributed by atoms with Crippen molar-refractivity contribution in [3.63, 3.8) is 0 Å². The van der Waals surface area contributed by atoms with Crippen LogP contribution in [0.5, 0.6) is 0 Å². The Bertz CT molecular complexity index is 1250. The third-order valence-corrected chi connectivity index (χ3v) is 7.30. The van der Waals surface area contributed by atoms with Gasteiger partial charge in [-0.3, -0.25) is 9.10 Å². The molecule has 0 aliphatic heterocycles. The van der Waals surface area contributed by atoms with Gasteiger partial charge in [0.1, 0.15) is 6.54 Å². The maximum atomic E-state index is 13.3. The van der Waals surface area contributed by atoms with Crippen LogP contribution in [-0.4, -0.2) is 33.4 Å². The van der Waals surface area contributed by atoms with Crippen LogP contribution in [0.3, 0.4) is 0 Å². The van der Waals surface area contributed by atoms with Crippen LogP contribution in [0.4, 0.5) is 11.4 Å². The molecule has 3 aromatic rings. The molecule has 1 N–H and O–H groups in total. The molecule has 0 saturated carbocycles. The molecule has 7 nitrogen and oxygen atoms in total. The highest BCUT2D eigenvalue weighted by molar-refractivity contribution is 14.1. The van der Waals surface area contributed by atoms with E-state index in [1.54, 1.807) is 49.4 Å². The monoisotopic (exact) mass is 598 g/mol. The first-order valence-corrected chi connectivity index (χ1v) is 12.7. The van der Waals surface area contributed by atoms with Gasteiger partial charge in [0, 0.05) is 9.26 Å². The maximum absolute atomic E-state index is 13.3. The molecule has 0 heterocycles. The second-order valence-electron chi connectivity index (χ2n) is 6.76. The van der Waals surface area contributed by atoms with E-state index in [2.05, 4.69) is 27.9 Å². The van der Waals surface area contributed by atoms with Crippen LogP contribution in [0.2, 0.25) is 5.02 Å². The number of hydrogen-bond donors (Lipinski definition) is 1. The standard InChI is InChI=1S/C23H20ClIN2O5S/c1-2-32-23(29)20-13-10-17(14-21(20)24)26-22(28)15-27(18-11-8-16(25)9-12-18)33(30,31)19-6-4-3-5-7-19/h3-14H,2,15H2,1H3,(H,26,28). The molecule has 3 aromatic carbocycles. The van der Waals surface area contributed by atoms with Crippen molar-refractivity contribution in [3.8, 4) is 0 Å². The van der Waals surface area contributed by atoms with Gasteiger partial charge in [0.15, 0.2) is 0 Å². The van der Waals surface area contributed by atoms with Crippen LogP contribution >= 0.6 is 34.2 Å². The largest absolute Gasteiger partial charge is 0.462 e. The molecule has 0 radical (unpaired) electrons. The number of carbonyl (C=O) groups excluding carboxylic acids is 2. The summed E-state index contributed by atoms with van der Waals surface area (Å²) >= 11 is 8.27. The smallest absolute Gasteiger partial charge is 0.339 e. The van der Waals surface area contributed by atoms with Gasteiger partial charge in [-0.15, -0.1) is 0 Å². The molecule has 0 atom stereocenters. The van der Waals surface area contributed by atoms with E-state index in [-0.39, 0.29) is 22.1 Å². The highest BCUT2D eigenvalue weighted by Gasteiger charge is 2.27. The predicted octanol–water partition coefficient (Wildman–Crippen LogP) is 4.96. The van der Waals surface area contributed by atoms with Crippen LogP contribution in [0.1, 0.15) is 17.3 Å². The third-order valence-electron chi connectivity index (χ3n) is 4.48. The highest BCUT2D eigenvalue weighted by atomic mass is 127. The predicted molar refractivity (Wildman–Crippen MR) is 136 cm³/mol. The Labute approximate surface area is 210 Å². The lowest BCUT2D eigenvalue weighted by Crippen LogP contribution is -2.38. The van der Waals surface area contributed by atoms with Gasteiger partial charge in [-0.25, -0.2) is 13.2 Å². The minimum Gasteiger partial charge on any atom is -0.462 e. The molecule has 33 heavy (non-hydrogen) atoms. The first-order valence-electron chi connectivity index (χ1n) is 9.82. The van der Waals surface area contributed by atoms with E-state index < -0.39 is 28.4 Å². The van der Waals surface area contributed by atoms with Gasteiger partial charge < -0.3 is 10.1 Å². The number of rotatable bonds is 8. The van der Waals surface area contributed by atoms with Crippen LogP contribution in [0.25, 0.3) is 0 Å². The zero-order valence-electron chi connectivity index (χ0n) is 17.5. The van der Waals surface area contributed by atoms with Gasteiger partial charge in [-0.2, -0.15) is 0 Å². The number of nitrogens with one attached hydrogen (secondary N) is 1. The molecule has 3 rings (SSSR count). The van der Waals surface area contributed by atoms with E-state index >= 15 is 0 Å². The number of nitrogens with zero attached hydrogens (tertiary/aromatic N) is 1. The Balaban J connectivity index is 1.86. The van der Waals surface area contributed by atoms with E-state index in [0.717, 1.165) is 7.88 Å². The van der Waals surface area contributed by atoms with Gasteiger partial charge >= 0.3 is 5.97 Å². The molecule has 10 heteroatoms. The second-order valence-corrected chi connectivity index (χ2v) is 10.3. The summed E-state index contributed by atoms with van der Waals surface area (Å²) in [7, 11) is -4.00. The molecule has 0 fully saturated rings. The molecule has 0 unspecified atom stereocenters. The van der Waals surface area contributed by atoms with E-state index in [0.29, 0.717) is 11.4 Å². The minimum atomic E-state index is -4.00. The number of esters is 1. The van der Waals surface area contributed by atoms with Crippen molar-refractivity contribution >= 4 is 67.5 Å². The van der Waals surface area contributed by atoms with Gasteiger partial charge in [-0.1, -0.05) is 29.8 Å². The summed E-state index contributed by atoms with van der Waals surface area (Å²) in [5.41, 5.74) is 0.839. The Kier molecular flexibility index (Phi) is 8.33. The fraction of sp³-hybridized carbons (Fsp3) is 0.130. The summed E-state index contributed by atoms with van der Waals surface area (Å²) in [5.74, 6) is -1.15. The number of benzene rings is 3. The fourth-order valence-electron chi connectivity index (χ4n) is 2.94. The van der Waals surface area contributed by atoms with Crippen molar-refractivity contribution in [3.05, 3.63) is 87.0 Å². The first kappa shape index (κ1) is 25.0. The van der Waals surface area contributed by atoms with Gasteiger partial charge in [0.05, 0.1) is 27.8 Å². The Hall–Kier alpha value is -2.63. The molecule has 0 aromatic heterocycles. The fourth-order valence-corrected chi connectivity index (χ4v) is 5.00. The molecule has 0 aliphatic carbocycles. The molecular weight excluding hydrogens is 579 g/mol. The normalized spacial score (nSPS) is 11.0. The quantitative estimate of drug-likeness (QED) is 0.293. The average molecular weight is 599 g/mol. The van der Waals surface area contributed by atoms with Crippen molar-refractivity contribution in [2.45, 2.75) is 11.8 Å². The second kappa shape index (κ2) is 11.0. The maximum Gasteiger partial charge on any atom is 0.339 e. The lowest BCUT2D eigenvalue weighted by atomic mass is 10.2. The van der Waals surface area contributed by atoms with Crippen LogP contribution in [0.15, 0.2) is 77.7 Å². The van der Waals surface area contributed by atoms with Crippen molar-refractivity contribution in [1.82, 2.24) is 0 Å². The highest BCUT2D eigenvalue weighted by Crippen LogP contribution is 2.25. The number of anilines is 2. The number of hydrogen-bond acceptors (Lipinski definition) is 5. The summed E-state index contributed by atoms with van der Waals surface area (Å²) in [6, 6.07) is 19.0. The molecule has 0 aliphatic rings. The van der Waals surface area contributed by atoms with E-state index in [9.17, 15) is 18.0 Å². The van der Waals surface area contributed by atoms with E-state index in [4.69, 9.17) is 16.3 Å². The van der Waals surface area contributed by atoms with Crippen molar-refractivity contribution in [2.24, 2.45) is 0 Å². The topological polar surface area (TPSA) is 92.8 Å². The molecule has 0 spiro atoms. The minimum absolute atomic E-state index is 0.0678. The molecular formula is C23H20ClIN2O5S. The Morgan fingerprint density at radius 1 is 1.03 bits per heavy atom. The Morgan fingerprint density at radius 3 is 2.30 bits per heavy atom. The van der Waals surface area contributed by atoms with Crippen molar-refractivity contribution < 1.29 is 22.7 Å². The summed E-state index contributed by atoms with van der Waals surface area (Å²) in [5, 5.41) is 2.74. The molecule has 0 saturated heterocycles. The van der Waals surface area contributed by atoms with Gasteiger partial charge in [0.25, 0.3) is 10.0 Å². The SMILES string of the molecule is CCOC(=O)c1ccc(NC(=O)CN(c2ccc(I)cc2)S(=O)(=O)c2ccccc2)cc1Cl.